The van der Waals surface area contributed by atoms with Crippen LogP contribution in [0.5, 0.6) is 34.5 Å². The third-order valence-corrected chi connectivity index (χ3v) is 10.1. The molecule has 3 aliphatic rings. The number of aliphatic hydroxyl groups excluding tert-OH is 8. The molecule has 2 aromatic rings. The first-order chi connectivity index (χ1) is 24.8. The maximum absolute atomic E-state index is 11.3. The van der Waals surface area contributed by atoms with E-state index in [0.717, 1.165) is 0 Å². The van der Waals surface area contributed by atoms with Gasteiger partial charge in [-0.1, -0.05) is 0 Å². The van der Waals surface area contributed by atoms with Crippen molar-refractivity contribution in [1.82, 2.24) is 0 Å². The van der Waals surface area contributed by atoms with Crippen LogP contribution in [0.1, 0.15) is 22.6 Å². The van der Waals surface area contributed by atoms with Gasteiger partial charge in [-0.15, -0.1) is 0 Å². The monoisotopic (exact) mass is 744 g/mol. The van der Waals surface area contributed by atoms with E-state index in [1.54, 1.807) is 18.2 Å². The molecule has 0 bridgehead atoms. The highest BCUT2D eigenvalue weighted by Crippen LogP contribution is 2.55. The molecular weight excluding hydrogens is 696 g/mol. The summed E-state index contributed by atoms with van der Waals surface area (Å²) in [6, 6.07) is 4.72. The van der Waals surface area contributed by atoms with Gasteiger partial charge in [0, 0.05) is 11.5 Å². The van der Waals surface area contributed by atoms with Crippen molar-refractivity contribution in [2.75, 3.05) is 54.9 Å². The minimum atomic E-state index is -1.73. The Balaban J connectivity index is 1.63. The Kier molecular flexibility index (Phi) is 12.9. The number of rotatable bonds is 13. The first kappa shape index (κ1) is 40.0. The Morgan fingerprint density at radius 3 is 1.56 bits per heavy atom. The number of phenols is 2. The van der Waals surface area contributed by atoms with Crippen molar-refractivity contribution in [2.24, 2.45) is 11.8 Å². The summed E-state index contributed by atoms with van der Waals surface area (Å²) in [4.78, 5) is 0. The molecule has 18 heteroatoms. The number of methoxy groups -OCH3 is 4. The van der Waals surface area contributed by atoms with Crippen LogP contribution in [-0.2, 0) is 25.4 Å². The van der Waals surface area contributed by atoms with Crippen LogP contribution in [0.4, 0.5) is 0 Å². The topological polar surface area (TPSA) is 276 Å². The van der Waals surface area contributed by atoms with Crippen LogP contribution in [0, 0.1) is 11.8 Å². The van der Waals surface area contributed by atoms with Crippen LogP contribution in [-0.4, -0.2) is 167 Å². The maximum atomic E-state index is 11.3. The highest BCUT2D eigenvalue weighted by molar-refractivity contribution is 5.64. The predicted molar refractivity (Wildman–Crippen MR) is 174 cm³/mol. The minimum absolute atomic E-state index is 0.0425. The molecule has 2 aromatic carbocycles. The third kappa shape index (κ3) is 7.43. The number of benzene rings is 2. The van der Waals surface area contributed by atoms with Gasteiger partial charge in [-0.3, -0.25) is 0 Å². The van der Waals surface area contributed by atoms with E-state index in [-0.39, 0.29) is 54.1 Å². The van der Waals surface area contributed by atoms with Crippen LogP contribution < -0.4 is 18.9 Å². The fourth-order valence-corrected chi connectivity index (χ4v) is 7.24. The van der Waals surface area contributed by atoms with Gasteiger partial charge in [-0.25, -0.2) is 0 Å². The molecule has 2 saturated heterocycles. The highest BCUT2D eigenvalue weighted by Gasteiger charge is 2.48. The molecule has 292 valence electrons. The first-order valence-electron chi connectivity index (χ1n) is 16.6. The number of fused-ring (bicyclic) bond motifs is 1. The van der Waals surface area contributed by atoms with Crippen LogP contribution in [0.15, 0.2) is 18.2 Å². The molecule has 0 aromatic heterocycles. The summed E-state index contributed by atoms with van der Waals surface area (Å²) in [7, 11) is 5.42. The second-order valence-electron chi connectivity index (χ2n) is 13.0. The van der Waals surface area contributed by atoms with Gasteiger partial charge < -0.3 is 89.0 Å². The second kappa shape index (κ2) is 16.8. The van der Waals surface area contributed by atoms with E-state index < -0.39 is 92.4 Å². The molecule has 1 aliphatic carbocycles. The smallest absolute Gasteiger partial charge is 0.201 e. The number of ether oxygens (including phenoxy) is 8. The summed E-state index contributed by atoms with van der Waals surface area (Å²) in [5.74, 6) is -2.54. The zero-order chi connectivity index (χ0) is 38.0. The lowest BCUT2D eigenvalue weighted by Crippen LogP contribution is -2.59. The average Bonchev–Trinajstić information content (AvgIpc) is 3.15. The molecule has 52 heavy (non-hydrogen) atoms. The molecule has 2 fully saturated rings. The second-order valence-corrected chi connectivity index (χ2v) is 13.0. The Bertz CT molecular complexity index is 1480. The highest BCUT2D eigenvalue weighted by atomic mass is 16.7. The number of hydrogen-bond acceptors (Lipinski definition) is 18. The predicted octanol–water partition coefficient (Wildman–Crippen LogP) is -2.31. The Labute approximate surface area is 298 Å². The van der Waals surface area contributed by atoms with Gasteiger partial charge in [0.05, 0.1) is 54.9 Å². The van der Waals surface area contributed by atoms with E-state index in [9.17, 15) is 51.1 Å². The van der Waals surface area contributed by atoms with Crippen LogP contribution in [0.2, 0.25) is 0 Å². The van der Waals surface area contributed by atoms with E-state index in [0.29, 0.717) is 16.7 Å². The normalized spacial score (nSPS) is 34.7. The fourth-order valence-electron chi connectivity index (χ4n) is 7.24. The molecule has 0 spiro atoms. The number of hydrogen-bond donors (Lipinski definition) is 10. The molecule has 2 heterocycles. The molecule has 0 amide bonds. The quantitative estimate of drug-likeness (QED) is 0.103. The van der Waals surface area contributed by atoms with E-state index >= 15 is 0 Å². The summed E-state index contributed by atoms with van der Waals surface area (Å²) >= 11 is 0. The van der Waals surface area contributed by atoms with Crippen molar-refractivity contribution in [3.05, 3.63) is 34.9 Å². The third-order valence-electron chi connectivity index (χ3n) is 10.1. The van der Waals surface area contributed by atoms with Gasteiger partial charge in [-0.05, 0) is 47.6 Å². The molecule has 0 radical (unpaired) electrons. The molecule has 5 rings (SSSR count). The zero-order valence-electron chi connectivity index (χ0n) is 29.0. The van der Waals surface area contributed by atoms with Crippen LogP contribution in [0.25, 0.3) is 0 Å². The molecule has 2 aliphatic heterocycles. The standard InChI is InChI=1S/C34H48O18/c1-45-17-7-14(8-18(46-2)24(17)37)22-16(12-50-34-31(44)29(42)26(39)21(10-36)52-34)15(5-13-6-19(47-3)27(40)32(48-4)23(13)22)11-49-33-30(43)28(41)25(38)20(9-35)51-33/h6-8,15-16,20-22,25-26,28-31,33-44H,5,9-12H2,1-4H3/t15-,16-,20+,21+,22+,25-,26+,28-,29-,30+,31+,33-,34+/m0/s1. The summed E-state index contributed by atoms with van der Waals surface area (Å²) < 4.78 is 45.5. The molecule has 10 N–H and O–H groups in total. The molecule has 13 atom stereocenters. The van der Waals surface area contributed by atoms with E-state index in [4.69, 9.17) is 37.9 Å². The lowest BCUT2D eigenvalue weighted by Gasteiger charge is -2.44. The first-order valence-corrected chi connectivity index (χ1v) is 16.6. The van der Waals surface area contributed by atoms with Crippen molar-refractivity contribution in [3.63, 3.8) is 0 Å². The summed E-state index contributed by atoms with van der Waals surface area (Å²) in [6.45, 7) is -1.85. The summed E-state index contributed by atoms with van der Waals surface area (Å²) in [6.07, 6.45) is -15.4. The minimum Gasteiger partial charge on any atom is -0.502 e. The van der Waals surface area contributed by atoms with Gasteiger partial charge >= 0.3 is 0 Å². The SMILES string of the molecule is COc1cc([C@H]2c3c(cc(OC)c(O)c3OC)C[C@@H](CO[C@H]3O[C@H](CO)[C@H](O)[C@H](O)[C@H]3O)[C@@H]2CO[C@@H]2O[C@H](CO)[C@@H](O)[C@H](O)[C@H]2O)cc(OC)c1O. The largest absolute Gasteiger partial charge is 0.502 e. The van der Waals surface area contributed by atoms with E-state index in [1.807, 2.05) is 0 Å². The van der Waals surface area contributed by atoms with Gasteiger partial charge in [0.15, 0.2) is 35.6 Å². The van der Waals surface area contributed by atoms with Crippen molar-refractivity contribution >= 4 is 0 Å². The van der Waals surface area contributed by atoms with E-state index in [2.05, 4.69) is 0 Å². The lowest BCUT2D eigenvalue weighted by molar-refractivity contribution is -0.309. The number of aromatic hydroxyl groups is 2. The van der Waals surface area contributed by atoms with Crippen molar-refractivity contribution in [2.45, 2.75) is 73.8 Å². The zero-order valence-corrected chi connectivity index (χ0v) is 29.0. The summed E-state index contributed by atoms with van der Waals surface area (Å²) in [5, 5.41) is 104. The van der Waals surface area contributed by atoms with Crippen molar-refractivity contribution in [3.8, 4) is 34.5 Å². The van der Waals surface area contributed by atoms with Gasteiger partial charge in [0.1, 0.15) is 48.8 Å². The summed E-state index contributed by atoms with van der Waals surface area (Å²) in [5.41, 5.74) is 1.56. The van der Waals surface area contributed by atoms with Gasteiger partial charge in [0.25, 0.3) is 0 Å². The average molecular weight is 745 g/mol. The Morgan fingerprint density at radius 2 is 1.10 bits per heavy atom. The number of aliphatic hydroxyl groups is 8. The van der Waals surface area contributed by atoms with E-state index in [1.165, 1.54) is 28.4 Å². The van der Waals surface area contributed by atoms with Gasteiger partial charge in [-0.2, -0.15) is 0 Å². The molecule has 0 unspecified atom stereocenters. The van der Waals surface area contributed by atoms with Gasteiger partial charge in [0.2, 0.25) is 11.5 Å². The fraction of sp³-hybridized carbons (Fsp3) is 0.647. The molecule has 0 saturated carbocycles. The van der Waals surface area contributed by atoms with Crippen molar-refractivity contribution < 1.29 is 89.0 Å². The number of phenolic OH excluding ortho intramolecular Hbond substituents is 2. The Morgan fingerprint density at radius 1 is 0.615 bits per heavy atom. The van der Waals surface area contributed by atoms with Crippen LogP contribution >= 0.6 is 0 Å². The van der Waals surface area contributed by atoms with Crippen molar-refractivity contribution in [1.29, 1.82) is 0 Å². The molecule has 18 nitrogen and oxygen atoms in total. The maximum Gasteiger partial charge on any atom is 0.201 e. The Hall–Kier alpha value is -3.24. The molecular formula is C34H48O18. The van der Waals surface area contributed by atoms with Crippen LogP contribution in [0.3, 0.4) is 0 Å². The lowest BCUT2D eigenvalue weighted by atomic mass is 9.66.